The summed E-state index contributed by atoms with van der Waals surface area (Å²) < 4.78 is 0. The van der Waals surface area contributed by atoms with Crippen LogP contribution in [-0.4, -0.2) is 40.1 Å². The lowest BCUT2D eigenvalue weighted by molar-refractivity contribution is -0.0277. The van der Waals surface area contributed by atoms with Crippen molar-refractivity contribution in [1.82, 2.24) is 14.9 Å². The van der Waals surface area contributed by atoms with Crippen LogP contribution in [0.5, 0.6) is 0 Å². The molecule has 1 N–H and O–H groups in total. The van der Waals surface area contributed by atoms with Gasteiger partial charge in [0, 0.05) is 25.5 Å². The lowest BCUT2D eigenvalue weighted by atomic mass is 9.91. The van der Waals surface area contributed by atoms with Gasteiger partial charge in [-0.2, -0.15) is 0 Å². The van der Waals surface area contributed by atoms with Crippen molar-refractivity contribution < 1.29 is 5.11 Å². The number of aliphatic hydroxyl groups is 1. The third kappa shape index (κ3) is 2.16. The second-order valence-corrected chi connectivity index (χ2v) is 4.42. The maximum Gasteiger partial charge on any atom is 0.160 e. The lowest BCUT2D eigenvalue weighted by Gasteiger charge is -2.35. The fourth-order valence-electron chi connectivity index (χ4n) is 1.84. The van der Waals surface area contributed by atoms with Crippen molar-refractivity contribution in [3.05, 3.63) is 23.8 Å². The Kier molecular flexibility index (Phi) is 2.71. The topological polar surface area (TPSA) is 49.3 Å². The zero-order valence-corrected chi connectivity index (χ0v) is 9.27. The van der Waals surface area contributed by atoms with E-state index in [1.54, 1.807) is 12.4 Å². The molecule has 1 aliphatic heterocycles. The van der Waals surface area contributed by atoms with Gasteiger partial charge in [-0.15, -0.1) is 0 Å². The highest BCUT2D eigenvalue weighted by Crippen LogP contribution is 2.29. The highest BCUT2D eigenvalue weighted by atomic mass is 16.3. The molecule has 0 aromatic carbocycles. The van der Waals surface area contributed by atoms with Gasteiger partial charge >= 0.3 is 0 Å². The van der Waals surface area contributed by atoms with E-state index in [0.717, 1.165) is 18.7 Å². The van der Waals surface area contributed by atoms with Crippen LogP contribution in [0, 0.1) is 6.92 Å². The number of rotatable bonds is 1. The predicted octanol–water partition coefficient (Wildman–Crippen LogP) is 0.698. The first kappa shape index (κ1) is 10.5. The Balaban J connectivity index is 2.18. The van der Waals surface area contributed by atoms with Gasteiger partial charge in [0.1, 0.15) is 5.60 Å². The summed E-state index contributed by atoms with van der Waals surface area (Å²) in [6.07, 6.45) is 4.95. The van der Waals surface area contributed by atoms with Gasteiger partial charge in [0.15, 0.2) is 5.82 Å². The first-order chi connectivity index (χ1) is 7.10. The van der Waals surface area contributed by atoms with E-state index in [1.807, 2.05) is 6.92 Å². The molecule has 0 amide bonds. The minimum atomic E-state index is -0.819. The van der Waals surface area contributed by atoms with Gasteiger partial charge in [-0.1, -0.05) is 0 Å². The first-order valence-corrected chi connectivity index (χ1v) is 5.30. The molecule has 1 aromatic heterocycles. The van der Waals surface area contributed by atoms with Crippen LogP contribution in [0.3, 0.4) is 0 Å². The Morgan fingerprint density at radius 3 is 2.33 bits per heavy atom. The van der Waals surface area contributed by atoms with Crippen LogP contribution in [0.15, 0.2) is 12.4 Å². The van der Waals surface area contributed by atoms with E-state index in [1.165, 1.54) is 0 Å². The SMILES string of the molecule is Cc1cnc(C2(O)CCN(C)CC2)nc1. The lowest BCUT2D eigenvalue weighted by Crippen LogP contribution is -2.41. The summed E-state index contributed by atoms with van der Waals surface area (Å²) in [4.78, 5) is 10.6. The molecule has 0 aliphatic carbocycles. The molecule has 0 radical (unpaired) electrons. The molecule has 4 nitrogen and oxygen atoms in total. The van der Waals surface area contributed by atoms with Crippen molar-refractivity contribution in [2.24, 2.45) is 0 Å². The van der Waals surface area contributed by atoms with Gasteiger partial charge < -0.3 is 10.0 Å². The molecular formula is C11H17N3O. The number of nitrogens with zero attached hydrogens (tertiary/aromatic N) is 3. The highest BCUT2D eigenvalue weighted by Gasteiger charge is 2.35. The maximum absolute atomic E-state index is 10.4. The number of hydrogen-bond donors (Lipinski definition) is 1. The molecule has 0 saturated carbocycles. The summed E-state index contributed by atoms with van der Waals surface area (Å²) >= 11 is 0. The van der Waals surface area contributed by atoms with Gasteiger partial charge in [-0.05, 0) is 32.4 Å². The van der Waals surface area contributed by atoms with Crippen molar-refractivity contribution in [3.8, 4) is 0 Å². The highest BCUT2D eigenvalue weighted by molar-refractivity contribution is 5.08. The Hall–Kier alpha value is -1.00. The molecule has 4 heteroatoms. The summed E-state index contributed by atoms with van der Waals surface area (Å²) in [7, 11) is 2.07. The zero-order valence-electron chi connectivity index (χ0n) is 9.27. The smallest absolute Gasteiger partial charge is 0.160 e. The second-order valence-electron chi connectivity index (χ2n) is 4.42. The van der Waals surface area contributed by atoms with Crippen LogP contribution >= 0.6 is 0 Å². The first-order valence-electron chi connectivity index (χ1n) is 5.30. The van der Waals surface area contributed by atoms with E-state index in [-0.39, 0.29) is 0 Å². The third-order valence-electron chi connectivity index (χ3n) is 3.01. The van der Waals surface area contributed by atoms with E-state index in [9.17, 15) is 5.11 Å². The Labute approximate surface area is 90.0 Å². The minimum Gasteiger partial charge on any atom is -0.382 e. The van der Waals surface area contributed by atoms with Crippen LogP contribution in [0.4, 0.5) is 0 Å². The molecule has 15 heavy (non-hydrogen) atoms. The van der Waals surface area contributed by atoms with Gasteiger partial charge in [0.25, 0.3) is 0 Å². The van der Waals surface area contributed by atoms with Crippen molar-refractivity contribution in [3.63, 3.8) is 0 Å². The van der Waals surface area contributed by atoms with E-state index in [0.29, 0.717) is 18.7 Å². The normalized spacial score (nSPS) is 21.5. The van der Waals surface area contributed by atoms with Crippen molar-refractivity contribution in [1.29, 1.82) is 0 Å². The van der Waals surface area contributed by atoms with Gasteiger partial charge in [0.2, 0.25) is 0 Å². The number of aromatic nitrogens is 2. The Morgan fingerprint density at radius 1 is 1.27 bits per heavy atom. The molecule has 0 atom stereocenters. The molecule has 2 rings (SSSR count). The van der Waals surface area contributed by atoms with E-state index >= 15 is 0 Å². The maximum atomic E-state index is 10.4. The molecule has 2 heterocycles. The van der Waals surface area contributed by atoms with Gasteiger partial charge in [0.05, 0.1) is 0 Å². The summed E-state index contributed by atoms with van der Waals surface area (Å²) in [5.41, 5.74) is 0.204. The van der Waals surface area contributed by atoms with Crippen molar-refractivity contribution in [2.75, 3.05) is 20.1 Å². The molecule has 1 saturated heterocycles. The third-order valence-corrected chi connectivity index (χ3v) is 3.01. The number of hydrogen-bond acceptors (Lipinski definition) is 4. The molecule has 1 aliphatic rings. The summed E-state index contributed by atoms with van der Waals surface area (Å²) in [6, 6.07) is 0. The van der Waals surface area contributed by atoms with Crippen LogP contribution in [0.2, 0.25) is 0 Å². The Morgan fingerprint density at radius 2 is 1.80 bits per heavy atom. The summed E-state index contributed by atoms with van der Waals surface area (Å²) in [6.45, 7) is 3.74. The number of likely N-dealkylation sites (tertiary alicyclic amines) is 1. The van der Waals surface area contributed by atoms with Crippen LogP contribution < -0.4 is 0 Å². The van der Waals surface area contributed by atoms with E-state index in [2.05, 4.69) is 21.9 Å². The van der Waals surface area contributed by atoms with Crippen molar-refractivity contribution in [2.45, 2.75) is 25.4 Å². The van der Waals surface area contributed by atoms with Gasteiger partial charge in [-0.25, -0.2) is 9.97 Å². The fraction of sp³-hybridized carbons (Fsp3) is 0.636. The van der Waals surface area contributed by atoms with E-state index in [4.69, 9.17) is 0 Å². The molecule has 0 unspecified atom stereocenters. The average Bonchev–Trinajstić information content (AvgIpc) is 2.24. The fourth-order valence-corrected chi connectivity index (χ4v) is 1.84. The number of aryl methyl sites for hydroxylation is 1. The average molecular weight is 207 g/mol. The van der Waals surface area contributed by atoms with Crippen molar-refractivity contribution >= 4 is 0 Å². The zero-order chi connectivity index (χ0) is 10.9. The Bertz CT molecular complexity index is 328. The molecule has 0 bridgehead atoms. The molecule has 1 fully saturated rings. The number of piperidine rings is 1. The van der Waals surface area contributed by atoms with Crippen LogP contribution in [-0.2, 0) is 5.60 Å². The molecule has 0 spiro atoms. The monoisotopic (exact) mass is 207 g/mol. The second kappa shape index (κ2) is 3.87. The summed E-state index contributed by atoms with van der Waals surface area (Å²) in [5.74, 6) is 0.571. The molecular weight excluding hydrogens is 190 g/mol. The van der Waals surface area contributed by atoms with Crippen LogP contribution in [0.25, 0.3) is 0 Å². The summed E-state index contributed by atoms with van der Waals surface area (Å²) in [5, 5.41) is 10.4. The standard InChI is InChI=1S/C11H17N3O/c1-9-7-12-10(13-8-9)11(15)3-5-14(2)6-4-11/h7-8,15H,3-6H2,1-2H3. The quantitative estimate of drug-likeness (QED) is 0.736. The molecule has 82 valence electrons. The van der Waals surface area contributed by atoms with Gasteiger partial charge in [-0.3, -0.25) is 0 Å². The minimum absolute atomic E-state index is 0.571. The van der Waals surface area contributed by atoms with Crippen LogP contribution in [0.1, 0.15) is 24.2 Å². The predicted molar refractivity (Wildman–Crippen MR) is 57.4 cm³/mol. The molecule has 1 aromatic rings. The largest absolute Gasteiger partial charge is 0.382 e. The van der Waals surface area contributed by atoms with E-state index < -0.39 is 5.60 Å².